The van der Waals surface area contributed by atoms with Crippen LogP contribution in [0.2, 0.25) is 0 Å². The number of ether oxygens (including phenoxy) is 1. The first kappa shape index (κ1) is 17.7. The predicted octanol–water partition coefficient (Wildman–Crippen LogP) is 2.04. The van der Waals surface area contributed by atoms with E-state index in [9.17, 15) is 13.2 Å². The summed E-state index contributed by atoms with van der Waals surface area (Å²) in [5.74, 6) is 0.146. The second-order valence-electron chi connectivity index (χ2n) is 6.36. The van der Waals surface area contributed by atoms with Crippen LogP contribution >= 0.6 is 0 Å². The molecule has 1 unspecified atom stereocenters. The van der Waals surface area contributed by atoms with Crippen LogP contribution in [0.25, 0.3) is 0 Å². The summed E-state index contributed by atoms with van der Waals surface area (Å²) in [6.45, 7) is 4.50. The van der Waals surface area contributed by atoms with Crippen molar-refractivity contribution < 1.29 is 17.9 Å². The SMILES string of the molecule is Cc1c(NC2=NC(C)(N)C(C(F)(F)F)=CN2)cnn1C1CCOCC1. The lowest BCUT2D eigenvalue weighted by Crippen LogP contribution is -2.49. The standard InChI is InChI=1S/C15H21F3N6O/c1-9-11(7-21-24(9)10-3-5-25-6-4-10)22-13-20-8-12(15(16,17)18)14(2,19)23-13/h7-8,10H,3-6,19H2,1-2H3,(H2,20,22,23). The zero-order chi connectivity index (χ0) is 18.2. The minimum atomic E-state index is -4.55. The Hall–Kier alpha value is -2.07. The first-order valence-electron chi connectivity index (χ1n) is 8.00. The van der Waals surface area contributed by atoms with Crippen molar-refractivity contribution in [2.75, 3.05) is 18.5 Å². The first-order valence-corrected chi connectivity index (χ1v) is 8.00. The number of halogens is 3. The number of nitrogens with zero attached hydrogens (tertiary/aromatic N) is 3. The summed E-state index contributed by atoms with van der Waals surface area (Å²) in [5, 5.41) is 9.87. The van der Waals surface area contributed by atoms with E-state index >= 15 is 0 Å². The van der Waals surface area contributed by atoms with E-state index in [1.165, 1.54) is 6.92 Å². The molecule has 0 amide bonds. The molecule has 1 fully saturated rings. The van der Waals surface area contributed by atoms with Gasteiger partial charge in [0.15, 0.2) is 0 Å². The Morgan fingerprint density at radius 2 is 2.08 bits per heavy atom. The van der Waals surface area contributed by atoms with Crippen molar-refractivity contribution in [1.29, 1.82) is 0 Å². The molecular weight excluding hydrogens is 337 g/mol. The highest BCUT2D eigenvalue weighted by atomic mass is 19.4. The maximum atomic E-state index is 13.0. The quantitative estimate of drug-likeness (QED) is 0.753. The average molecular weight is 358 g/mol. The van der Waals surface area contributed by atoms with Crippen LogP contribution in [0.4, 0.5) is 18.9 Å². The number of hydrogen-bond donors (Lipinski definition) is 3. The topological polar surface area (TPSA) is 89.5 Å². The minimum Gasteiger partial charge on any atom is -0.381 e. The van der Waals surface area contributed by atoms with Crippen LogP contribution in [0.5, 0.6) is 0 Å². The molecule has 0 spiro atoms. The molecule has 0 saturated carbocycles. The van der Waals surface area contributed by atoms with E-state index in [4.69, 9.17) is 10.5 Å². The number of aromatic nitrogens is 2. The van der Waals surface area contributed by atoms with E-state index in [0.29, 0.717) is 18.9 Å². The van der Waals surface area contributed by atoms with Gasteiger partial charge >= 0.3 is 6.18 Å². The monoisotopic (exact) mass is 358 g/mol. The Morgan fingerprint density at radius 3 is 2.68 bits per heavy atom. The number of rotatable bonds is 2. The van der Waals surface area contributed by atoms with E-state index in [1.54, 1.807) is 6.20 Å². The number of nitrogens with two attached hydrogens (primary N) is 1. The number of alkyl halides is 3. The van der Waals surface area contributed by atoms with Gasteiger partial charge in [0.1, 0.15) is 5.66 Å². The predicted molar refractivity (Wildman–Crippen MR) is 87.0 cm³/mol. The fraction of sp³-hybridized carbons (Fsp3) is 0.600. The number of nitrogens with one attached hydrogen (secondary N) is 2. The van der Waals surface area contributed by atoms with Crippen molar-refractivity contribution in [2.24, 2.45) is 10.7 Å². The first-order chi connectivity index (χ1) is 11.7. The molecule has 0 bridgehead atoms. The van der Waals surface area contributed by atoms with Crippen LogP contribution < -0.4 is 16.4 Å². The summed E-state index contributed by atoms with van der Waals surface area (Å²) in [5.41, 5.74) is 4.47. The van der Waals surface area contributed by atoms with Crippen molar-refractivity contribution in [1.82, 2.24) is 15.1 Å². The van der Waals surface area contributed by atoms with E-state index < -0.39 is 17.4 Å². The van der Waals surface area contributed by atoms with Gasteiger partial charge in [0.2, 0.25) is 5.96 Å². The van der Waals surface area contributed by atoms with Crippen LogP contribution in [0.15, 0.2) is 23.0 Å². The van der Waals surface area contributed by atoms with Gasteiger partial charge in [0, 0.05) is 19.4 Å². The van der Waals surface area contributed by atoms with E-state index in [1.807, 2.05) is 11.6 Å². The molecule has 1 saturated heterocycles. The van der Waals surface area contributed by atoms with Gasteiger partial charge < -0.3 is 21.1 Å². The normalized spacial score (nSPS) is 25.2. The second-order valence-corrected chi connectivity index (χ2v) is 6.36. The molecule has 1 atom stereocenters. The van der Waals surface area contributed by atoms with Gasteiger partial charge in [-0.15, -0.1) is 0 Å². The molecule has 7 nitrogen and oxygen atoms in total. The molecule has 3 heterocycles. The molecule has 25 heavy (non-hydrogen) atoms. The molecule has 2 aliphatic heterocycles. The third kappa shape index (κ3) is 3.64. The van der Waals surface area contributed by atoms with Crippen LogP contribution in [0, 0.1) is 6.92 Å². The Kier molecular flexibility index (Phi) is 4.50. The molecule has 0 aromatic carbocycles. The fourth-order valence-electron chi connectivity index (χ4n) is 3.02. The smallest absolute Gasteiger partial charge is 0.381 e. The van der Waals surface area contributed by atoms with Crippen LogP contribution in [-0.4, -0.2) is 40.8 Å². The summed E-state index contributed by atoms with van der Waals surface area (Å²) >= 11 is 0. The zero-order valence-electron chi connectivity index (χ0n) is 14.0. The lowest BCUT2D eigenvalue weighted by Gasteiger charge is -2.30. The molecule has 3 rings (SSSR count). The third-order valence-corrected chi connectivity index (χ3v) is 4.38. The Labute approximate surface area is 143 Å². The molecule has 1 aromatic heterocycles. The van der Waals surface area contributed by atoms with E-state index in [2.05, 4.69) is 20.7 Å². The lowest BCUT2D eigenvalue weighted by molar-refractivity contribution is -0.100. The van der Waals surface area contributed by atoms with Crippen LogP contribution in [0.1, 0.15) is 31.5 Å². The molecule has 138 valence electrons. The molecule has 4 N–H and O–H groups in total. The summed E-state index contributed by atoms with van der Waals surface area (Å²) in [7, 11) is 0. The highest BCUT2D eigenvalue weighted by Gasteiger charge is 2.45. The molecule has 0 aliphatic carbocycles. The maximum Gasteiger partial charge on any atom is 0.417 e. The van der Waals surface area contributed by atoms with Crippen molar-refractivity contribution in [3.05, 3.63) is 23.7 Å². The third-order valence-electron chi connectivity index (χ3n) is 4.38. The molecule has 10 heteroatoms. The molecule has 0 radical (unpaired) electrons. The maximum absolute atomic E-state index is 13.0. The van der Waals surface area contributed by atoms with E-state index in [0.717, 1.165) is 24.7 Å². The highest BCUT2D eigenvalue weighted by Crippen LogP contribution is 2.34. The number of aliphatic imine (C=N–C) groups is 1. The second kappa shape index (κ2) is 6.34. The van der Waals surface area contributed by atoms with Gasteiger partial charge in [-0.2, -0.15) is 18.3 Å². The fourth-order valence-corrected chi connectivity index (χ4v) is 3.02. The van der Waals surface area contributed by atoms with Crippen LogP contribution in [0.3, 0.4) is 0 Å². The van der Waals surface area contributed by atoms with Gasteiger partial charge in [-0.25, -0.2) is 4.99 Å². The van der Waals surface area contributed by atoms with Gasteiger partial charge in [-0.05, 0) is 26.7 Å². The summed E-state index contributed by atoms with van der Waals surface area (Å²) < 4.78 is 46.1. The van der Waals surface area contributed by atoms with Gasteiger partial charge in [0.25, 0.3) is 0 Å². The largest absolute Gasteiger partial charge is 0.417 e. The lowest BCUT2D eigenvalue weighted by atomic mass is 10.0. The van der Waals surface area contributed by atoms with E-state index in [-0.39, 0.29) is 12.0 Å². The minimum absolute atomic E-state index is 0.146. The van der Waals surface area contributed by atoms with Crippen molar-refractivity contribution in [3.63, 3.8) is 0 Å². The Bertz CT molecular complexity index is 701. The Morgan fingerprint density at radius 1 is 1.40 bits per heavy atom. The van der Waals surface area contributed by atoms with Crippen LogP contribution in [-0.2, 0) is 4.74 Å². The summed E-state index contributed by atoms with van der Waals surface area (Å²) in [4.78, 5) is 3.95. The summed E-state index contributed by atoms with van der Waals surface area (Å²) in [6.07, 6.45) is -0.325. The highest BCUT2D eigenvalue weighted by molar-refractivity contribution is 5.95. The van der Waals surface area contributed by atoms with Gasteiger partial charge in [0.05, 0.1) is 29.2 Å². The Balaban J connectivity index is 1.76. The van der Waals surface area contributed by atoms with Crippen molar-refractivity contribution in [2.45, 2.75) is 44.6 Å². The molecule has 2 aliphatic rings. The van der Waals surface area contributed by atoms with Gasteiger partial charge in [-0.3, -0.25) is 4.68 Å². The number of anilines is 1. The number of hydrogen-bond acceptors (Lipinski definition) is 6. The van der Waals surface area contributed by atoms with Crippen molar-refractivity contribution in [3.8, 4) is 0 Å². The van der Waals surface area contributed by atoms with Gasteiger partial charge in [-0.1, -0.05) is 0 Å². The summed E-state index contributed by atoms with van der Waals surface area (Å²) in [6, 6.07) is 0.252. The average Bonchev–Trinajstić information content (AvgIpc) is 2.87. The molecular formula is C15H21F3N6O. The number of guanidine groups is 1. The van der Waals surface area contributed by atoms with Crippen molar-refractivity contribution >= 4 is 11.6 Å². The molecule has 1 aromatic rings. The zero-order valence-corrected chi connectivity index (χ0v) is 14.0.